The third-order valence-corrected chi connectivity index (χ3v) is 1.97. The second kappa shape index (κ2) is 2.41. The zero-order chi connectivity index (χ0) is 6.85. The Morgan fingerprint density at radius 1 is 1.78 bits per heavy atom. The minimum atomic E-state index is 1.04. The number of nitrogens with two attached hydrogens (primary N) is 1. The molecule has 9 heavy (non-hydrogen) atoms. The molecule has 4 heteroatoms. The molecular formula is C5H9N3S. The Bertz CT molecular complexity index is 206. The smallest absolute Gasteiger partial charge is 0.0641 e. The van der Waals surface area contributed by atoms with Crippen LogP contribution in [0.25, 0.3) is 0 Å². The molecule has 3 nitrogen and oxygen atoms in total. The average molecular weight is 143 g/mol. The summed E-state index contributed by atoms with van der Waals surface area (Å²) in [5.74, 6) is 0. The number of aromatic nitrogens is 2. The lowest BCUT2D eigenvalue weighted by atomic mass is 10.5. The van der Waals surface area contributed by atoms with Crippen molar-refractivity contribution in [1.29, 1.82) is 0 Å². The van der Waals surface area contributed by atoms with Crippen LogP contribution in [-0.2, 0) is 7.05 Å². The van der Waals surface area contributed by atoms with Gasteiger partial charge in [-0.3, -0.25) is 9.82 Å². The summed E-state index contributed by atoms with van der Waals surface area (Å²) in [6.07, 6.45) is 1.76. The topological polar surface area (TPSA) is 43.8 Å². The van der Waals surface area contributed by atoms with Gasteiger partial charge in [0, 0.05) is 12.7 Å². The van der Waals surface area contributed by atoms with Crippen molar-refractivity contribution in [3.05, 3.63) is 11.9 Å². The lowest BCUT2D eigenvalue weighted by Gasteiger charge is -1.93. The second-order valence-corrected chi connectivity index (χ2v) is 2.51. The van der Waals surface area contributed by atoms with E-state index in [1.165, 1.54) is 11.9 Å². The molecule has 1 heterocycles. The Hall–Kier alpha value is -0.480. The van der Waals surface area contributed by atoms with Crippen molar-refractivity contribution in [2.45, 2.75) is 11.8 Å². The maximum absolute atomic E-state index is 5.33. The van der Waals surface area contributed by atoms with Gasteiger partial charge in [0.05, 0.1) is 11.1 Å². The van der Waals surface area contributed by atoms with Gasteiger partial charge in [0.2, 0.25) is 0 Å². The lowest BCUT2D eigenvalue weighted by molar-refractivity contribution is 0.737. The molecule has 0 aliphatic carbocycles. The molecule has 0 spiro atoms. The van der Waals surface area contributed by atoms with Gasteiger partial charge in [-0.15, -0.1) is 0 Å². The van der Waals surface area contributed by atoms with E-state index in [0.717, 1.165) is 10.6 Å². The molecule has 1 rings (SSSR count). The van der Waals surface area contributed by atoms with Gasteiger partial charge < -0.3 is 0 Å². The molecule has 1 aromatic heterocycles. The summed E-state index contributed by atoms with van der Waals surface area (Å²) in [6.45, 7) is 1.99. The number of aryl methyl sites for hydroxylation is 1. The van der Waals surface area contributed by atoms with Crippen molar-refractivity contribution in [1.82, 2.24) is 9.78 Å². The van der Waals surface area contributed by atoms with E-state index >= 15 is 0 Å². The van der Waals surface area contributed by atoms with Crippen molar-refractivity contribution in [2.75, 3.05) is 0 Å². The van der Waals surface area contributed by atoms with Gasteiger partial charge in [-0.05, 0) is 18.9 Å². The molecular weight excluding hydrogens is 134 g/mol. The van der Waals surface area contributed by atoms with Crippen molar-refractivity contribution in [2.24, 2.45) is 12.2 Å². The predicted octanol–water partition coefficient (Wildman–Crippen LogP) is 0.694. The fourth-order valence-electron chi connectivity index (χ4n) is 0.594. The molecule has 2 N–H and O–H groups in total. The third-order valence-electron chi connectivity index (χ3n) is 1.32. The van der Waals surface area contributed by atoms with E-state index in [-0.39, 0.29) is 0 Å². The first-order valence-electron chi connectivity index (χ1n) is 2.61. The summed E-state index contributed by atoms with van der Waals surface area (Å²) in [7, 11) is 1.90. The molecule has 0 saturated carbocycles. The molecule has 0 aliphatic rings. The van der Waals surface area contributed by atoms with Crippen LogP contribution in [0.15, 0.2) is 11.1 Å². The number of hydrogen-bond donors (Lipinski definition) is 1. The van der Waals surface area contributed by atoms with E-state index in [0.29, 0.717) is 0 Å². The molecule has 0 fully saturated rings. The summed E-state index contributed by atoms with van der Waals surface area (Å²) < 4.78 is 1.80. The molecule has 0 aliphatic heterocycles. The highest BCUT2D eigenvalue weighted by Gasteiger charge is 1.99. The van der Waals surface area contributed by atoms with Crippen molar-refractivity contribution in [3.8, 4) is 0 Å². The number of rotatable bonds is 1. The average Bonchev–Trinajstić information content (AvgIpc) is 2.15. The second-order valence-electron chi connectivity index (χ2n) is 1.84. The molecule has 1 aromatic rings. The third kappa shape index (κ3) is 1.09. The first-order valence-corrected chi connectivity index (χ1v) is 3.49. The molecule has 0 aromatic carbocycles. The first-order chi connectivity index (χ1) is 4.25. The Balaban J connectivity index is 3.04. The first kappa shape index (κ1) is 6.64. The van der Waals surface area contributed by atoms with Crippen LogP contribution in [-0.4, -0.2) is 9.78 Å². The summed E-state index contributed by atoms with van der Waals surface area (Å²) >= 11 is 1.23. The van der Waals surface area contributed by atoms with E-state index < -0.39 is 0 Å². The minimum absolute atomic E-state index is 1.04. The Morgan fingerprint density at radius 2 is 2.44 bits per heavy atom. The highest BCUT2D eigenvalue weighted by molar-refractivity contribution is 7.97. The van der Waals surface area contributed by atoms with Gasteiger partial charge in [-0.1, -0.05) is 0 Å². The SMILES string of the molecule is Cc1c(SN)cnn1C. The molecule has 0 saturated heterocycles. The van der Waals surface area contributed by atoms with Crippen LogP contribution >= 0.6 is 11.9 Å². The highest BCUT2D eigenvalue weighted by Crippen LogP contribution is 2.14. The molecule has 0 atom stereocenters. The fourth-order valence-corrected chi connectivity index (χ4v) is 1.00. The number of hydrogen-bond acceptors (Lipinski definition) is 3. The Morgan fingerprint density at radius 3 is 2.67 bits per heavy atom. The summed E-state index contributed by atoms with van der Waals surface area (Å²) in [5, 5.41) is 9.33. The fraction of sp³-hybridized carbons (Fsp3) is 0.400. The van der Waals surface area contributed by atoms with E-state index in [2.05, 4.69) is 5.10 Å². The zero-order valence-electron chi connectivity index (χ0n) is 5.46. The quantitative estimate of drug-likeness (QED) is 0.588. The Labute approximate surface area is 58.4 Å². The maximum atomic E-state index is 5.33. The molecule has 0 amide bonds. The van der Waals surface area contributed by atoms with Crippen LogP contribution < -0.4 is 5.14 Å². The number of nitrogens with zero attached hydrogens (tertiary/aromatic N) is 2. The minimum Gasteiger partial charge on any atom is -0.273 e. The summed E-state index contributed by atoms with van der Waals surface area (Å²) in [4.78, 5) is 1.04. The molecule has 0 radical (unpaired) electrons. The highest BCUT2D eigenvalue weighted by atomic mass is 32.2. The van der Waals surface area contributed by atoms with E-state index in [4.69, 9.17) is 5.14 Å². The monoisotopic (exact) mass is 143 g/mol. The van der Waals surface area contributed by atoms with Crippen LogP contribution in [0.5, 0.6) is 0 Å². The molecule has 0 unspecified atom stereocenters. The van der Waals surface area contributed by atoms with Crippen LogP contribution in [0.2, 0.25) is 0 Å². The van der Waals surface area contributed by atoms with Crippen LogP contribution in [0, 0.1) is 6.92 Å². The van der Waals surface area contributed by atoms with Gasteiger partial charge in [-0.25, -0.2) is 0 Å². The molecule has 50 valence electrons. The van der Waals surface area contributed by atoms with Crippen LogP contribution in [0.1, 0.15) is 5.69 Å². The van der Waals surface area contributed by atoms with Gasteiger partial charge in [0.1, 0.15) is 0 Å². The van der Waals surface area contributed by atoms with Gasteiger partial charge >= 0.3 is 0 Å². The summed E-state index contributed by atoms with van der Waals surface area (Å²) in [6, 6.07) is 0. The van der Waals surface area contributed by atoms with Gasteiger partial charge in [0.25, 0.3) is 0 Å². The van der Waals surface area contributed by atoms with Crippen LogP contribution in [0.3, 0.4) is 0 Å². The maximum Gasteiger partial charge on any atom is 0.0641 e. The zero-order valence-corrected chi connectivity index (χ0v) is 6.27. The van der Waals surface area contributed by atoms with Crippen molar-refractivity contribution < 1.29 is 0 Å². The predicted molar refractivity (Wildman–Crippen MR) is 38.0 cm³/mol. The Kier molecular flexibility index (Phi) is 1.78. The van der Waals surface area contributed by atoms with Crippen LogP contribution in [0.4, 0.5) is 0 Å². The van der Waals surface area contributed by atoms with E-state index in [9.17, 15) is 0 Å². The van der Waals surface area contributed by atoms with Gasteiger partial charge in [-0.2, -0.15) is 5.10 Å². The van der Waals surface area contributed by atoms with Crippen molar-refractivity contribution in [3.63, 3.8) is 0 Å². The lowest BCUT2D eigenvalue weighted by Crippen LogP contribution is -1.92. The summed E-state index contributed by atoms with van der Waals surface area (Å²) in [5.41, 5.74) is 1.11. The van der Waals surface area contributed by atoms with Gasteiger partial charge in [0.15, 0.2) is 0 Å². The normalized spacial score (nSPS) is 10.1. The van der Waals surface area contributed by atoms with Crippen molar-refractivity contribution >= 4 is 11.9 Å². The molecule has 0 bridgehead atoms. The van der Waals surface area contributed by atoms with E-state index in [1.807, 2.05) is 14.0 Å². The van der Waals surface area contributed by atoms with E-state index in [1.54, 1.807) is 10.9 Å². The largest absolute Gasteiger partial charge is 0.273 e. The standard InChI is InChI=1S/C5H9N3S/c1-4-5(9-6)3-7-8(4)2/h3H,6H2,1-2H3.